The number of fused-ring (bicyclic) bond motifs is 1. The Balaban J connectivity index is 1.39. The summed E-state index contributed by atoms with van der Waals surface area (Å²) in [5, 5.41) is 5.73. The highest BCUT2D eigenvalue weighted by Gasteiger charge is 2.46. The minimum absolute atomic E-state index is 0.0754. The van der Waals surface area contributed by atoms with Crippen LogP contribution in [0.4, 0.5) is 5.69 Å². The molecule has 2 fully saturated rings. The first-order chi connectivity index (χ1) is 15.0. The van der Waals surface area contributed by atoms with Crippen molar-refractivity contribution in [3.63, 3.8) is 0 Å². The first-order valence-electron chi connectivity index (χ1n) is 11.0. The van der Waals surface area contributed by atoms with Crippen LogP contribution in [0, 0.1) is 6.92 Å². The maximum absolute atomic E-state index is 13.3. The Hall–Kier alpha value is -3.05. The van der Waals surface area contributed by atoms with Gasteiger partial charge in [0.2, 0.25) is 0 Å². The monoisotopic (exact) mass is 415 g/mol. The van der Waals surface area contributed by atoms with Crippen molar-refractivity contribution in [2.24, 2.45) is 0 Å². The molecule has 1 unspecified atom stereocenters. The number of nitrogens with zero attached hydrogens (tertiary/aromatic N) is 1. The topological polar surface area (TPSA) is 67.6 Å². The molecular weight excluding hydrogens is 386 g/mol. The first kappa shape index (κ1) is 19.9. The minimum atomic E-state index is -0.304. The van der Waals surface area contributed by atoms with Gasteiger partial charge in [0.15, 0.2) is 0 Å². The molecule has 160 valence electrons. The molecule has 0 aromatic heterocycles. The third-order valence-corrected chi connectivity index (χ3v) is 6.88. The van der Waals surface area contributed by atoms with Crippen LogP contribution in [-0.4, -0.2) is 37.0 Å². The Labute approximate surface area is 183 Å². The van der Waals surface area contributed by atoms with E-state index in [1.54, 1.807) is 6.07 Å². The molecule has 1 atom stereocenters. The Bertz CT molecular complexity index is 1150. The number of nitrogens with two attached hydrogens (primary N) is 1. The molecule has 1 saturated heterocycles. The van der Waals surface area contributed by atoms with Crippen LogP contribution in [0.3, 0.4) is 0 Å². The second-order valence-electron chi connectivity index (χ2n) is 9.00. The number of amides is 1. The molecule has 3 N–H and O–H groups in total. The van der Waals surface area contributed by atoms with Crippen molar-refractivity contribution in [2.45, 2.75) is 37.8 Å². The number of carbonyl (C=O) groups excluding carboxylic acids is 1. The summed E-state index contributed by atoms with van der Waals surface area (Å²) in [6.07, 6.45) is 3.01. The van der Waals surface area contributed by atoms with Crippen molar-refractivity contribution >= 4 is 22.4 Å². The molecule has 0 bridgehead atoms. The van der Waals surface area contributed by atoms with Crippen LogP contribution in [0.5, 0.6) is 5.75 Å². The summed E-state index contributed by atoms with van der Waals surface area (Å²) in [7, 11) is 2.09. The van der Waals surface area contributed by atoms with Crippen LogP contribution < -0.4 is 15.8 Å². The number of aryl methyl sites for hydroxylation is 1. The van der Waals surface area contributed by atoms with E-state index in [1.165, 1.54) is 16.3 Å². The van der Waals surface area contributed by atoms with Crippen molar-refractivity contribution in [2.75, 3.05) is 25.9 Å². The number of hydrogen-bond donors (Lipinski definition) is 2. The van der Waals surface area contributed by atoms with Gasteiger partial charge in [-0.25, -0.2) is 0 Å². The number of likely N-dealkylation sites (tertiary alicyclic amines) is 1. The van der Waals surface area contributed by atoms with Crippen molar-refractivity contribution < 1.29 is 9.53 Å². The van der Waals surface area contributed by atoms with Crippen LogP contribution in [0.15, 0.2) is 54.6 Å². The third-order valence-electron chi connectivity index (χ3n) is 6.88. The average Bonchev–Trinajstić information content (AvgIpc) is 3.54. The van der Waals surface area contributed by atoms with Gasteiger partial charge in [0.05, 0.1) is 11.2 Å². The molecule has 1 heterocycles. The third kappa shape index (κ3) is 3.63. The Morgan fingerprint density at radius 2 is 1.97 bits per heavy atom. The van der Waals surface area contributed by atoms with Gasteiger partial charge in [-0.2, -0.15) is 0 Å². The van der Waals surface area contributed by atoms with Crippen LogP contribution in [0.2, 0.25) is 0 Å². The van der Waals surface area contributed by atoms with Gasteiger partial charge in [0, 0.05) is 11.6 Å². The van der Waals surface area contributed by atoms with Crippen LogP contribution in [-0.2, 0) is 5.54 Å². The molecule has 1 aliphatic heterocycles. The van der Waals surface area contributed by atoms with E-state index >= 15 is 0 Å². The number of likely N-dealkylation sites (N-methyl/N-ethyl adjacent to an activating group) is 1. The number of ether oxygens (including phenoxy) is 1. The van der Waals surface area contributed by atoms with Gasteiger partial charge < -0.3 is 15.8 Å². The maximum atomic E-state index is 13.3. The predicted octanol–water partition coefficient (Wildman–Crippen LogP) is 4.23. The van der Waals surface area contributed by atoms with E-state index in [2.05, 4.69) is 53.7 Å². The Morgan fingerprint density at radius 1 is 1.19 bits per heavy atom. The normalized spacial score (nSPS) is 19.6. The lowest BCUT2D eigenvalue weighted by Crippen LogP contribution is -2.48. The summed E-state index contributed by atoms with van der Waals surface area (Å²) < 4.78 is 6.00. The lowest BCUT2D eigenvalue weighted by Gasteiger charge is -2.37. The van der Waals surface area contributed by atoms with Gasteiger partial charge in [-0.05, 0) is 73.8 Å². The molecule has 1 saturated carbocycles. The molecule has 1 amide bonds. The van der Waals surface area contributed by atoms with Gasteiger partial charge in [-0.3, -0.25) is 9.69 Å². The van der Waals surface area contributed by atoms with E-state index in [1.807, 2.05) is 19.1 Å². The SMILES string of the molecule is Cc1cc(N)c(OCC2CCN2C)cc1C(=O)NC1(c2cccc3ccccc23)CC1. The summed E-state index contributed by atoms with van der Waals surface area (Å²) in [4.78, 5) is 15.6. The maximum Gasteiger partial charge on any atom is 0.252 e. The van der Waals surface area contributed by atoms with E-state index in [-0.39, 0.29) is 11.4 Å². The summed E-state index contributed by atoms with van der Waals surface area (Å²) >= 11 is 0. The number of anilines is 1. The lowest BCUT2D eigenvalue weighted by atomic mass is 9.96. The fraction of sp³-hybridized carbons (Fsp3) is 0.346. The number of hydrogen-bond acceptors (Lipinski definition) is 4. The molecular formula is C26H29N3O2. The number of benzene rings is 3. The quantitative estimate of drug-likeness (QED) is 0.591. The molecule has 5 nitrogen and oxygen atoms in total. The Morgan fingerprint density at radius 3 is 2.68 bits per heavy atom. The molecule has 5 heteroatoms. The fourth-order valence-corrected chi connectivity index (χ4v) is 4.56. The second-order valence-corrected chi connectivity index (χ2v) is 9.00. The van der Waals surface area contributed by atoms with Crippen LogP contribution in [0.25, 0.3) is 10.8 Å². The number of rotatable bonds is 6. The standard InChI is InChI=1S/C26H29N3O2/c1-17-14-23(27)24(31-16-19-10-13-29(19)2)15-21(17)25(30)28-26(11-12-26)22-9-5-7-18-6-3-4-8-20(18)22/h3-9,14-15,19H,10-13,16,27H2,1-2H3,(H,28,30). The van der Waals surface area contributed by atoms with Crippen molar-refractivity contribution in [3.05, 3.63) is 71.3 Å². The number of carbonyl (C=O) groups is 1. The fourth-order valence-electron chi connectivity index (χ4n) is 4.56. The molecule has 31 heavy (non-hydrogen) atoms. The average molecular weight is 416 g/mol. The van der Waals surface area contributed by atoms with Gasteiger partial charge in [-0.1, -0.05) is 42.5 Å². The molecule has 0 spiro atoms. The van der Waals surface area contributed by atoms with Crippen molar-refractivity contribution in [1.82, 2.24) is 10.2 Å². The minimum Gasteiger partial charge on any atom is -0.490 e. The highest BCUT2D eigenvalue weighted by atomic mass is 16.5. The zero-order chi connectivity index (χ0) is 21.6. The largest absolute Gasteiger partial charge is 0.490 e. The van der Waals surface area contributed by atoms with Gasteiger partial charge in [0.1, 0.15) is 12.4 Å². The van der Waals surface area contributed by atoms with E-state index in [4.69, 9.17) is 10.5 Å². The molecule has 3 aromatic rings. The molecule has 1 aliphatic carbocycles. The van der Waals surface area contributed by atoms with E-state index in [9.17, 15) is 4.79 Å². The van der Waals surface area contributed by atoms with Crippen molar-refractivity contribution in [1.29, 1.82) is 0 Å². The summed E-state index contributed by atoms with van der Waals surface area (Å²) in [5.74, 6) is 0.514. The van der Waals surface area contributed by atoms with Crippen LogP contribution in [0.1, 0.15) is 40.7 Å². The molecule has 0 radical (unpaired) electrons. The smallest absolute Gasteiger partial charge is 0.252 e. The van der Waals surface area contributed by atoms with E-state index in [0.717, 1.165) is 31.4 Å². The second kappa shape index (κ2) is 7.57. The predicted molar refractivity (Wildman–Crippen MR) is 124 cm³/mol. The Kier molecular flexibility index (Phi) is 4.86. The molecule has 5 rings (SSSR count). The molecule has 3 aromatic carbocycles. The van der Waals surface area contributed by atoms with Gasteiger partial charge >= 0.3 is 0 Å². The highest BCUT2D eigenvalue weighted by molar-refractivity contribution is 5.98. The lowest BCUT2D eigenvalue weighted by molar-refractivity contribution is 0.0770. The zero-order valence-corrected chi connectivity index (χ0v) is 18.2. The number of nitrogens with one attached hydrogen (secondary N) is 1. The van der Waals surface area contributed by atoms with Gasteiger partial charge in [0.25, 0.3) is 5.91 Å². The zero-order valence-electron chi connectivity index (χ0n) is 18.2. The summed E-state index contributed by atoms with van der Waals surface area (Å²) in [5.41, 5.74) is 9.14. The van der Waals surface area contributed by atoms with Gasteiger partial charge in [-0.15, -0.1) is 0 Å². The van der Waals surface area contributed by atoms with Crippen LogP contribution >= 0.6 is 0 Å². The highest BCUT2D eigenvalue weighted by Crippen LogP contribution is 2.48. The van der Waals surface area contributed by atoms with E-state index in [0.29, 0.717) is 29.6 Å². The van der Waals surface area contributed by atoms with Crippen molar-refractivity contribution in [3.8, 4) is 5.75 Å². The summed E-state index contributed by atoms with van der Waals surface area (Å²) in [6, 6.07) is 18.7. The summed E-state index contributed by atoms with van der Waals surface area (Å²) in [6.45, 7) is 3.61. The molecule has 2 aliphatic rings. The number of nitrogen functional groups attached to an aromatic ring is 1. The van der Waals surface area contributed by atoms with E-state index < -0.39 is 0 Å². The first-order valence-corrected chi connectivity index (χ1v) is 11.0.